The number of hydrogen-bond acceptors (Lipinski definition) is 3. The van der Waals surface area contributed by atoms with Gasteiger partial charge in [-0.1, -0.05) is 24.8 Å². The van der Waals surface area contributed by atoms with Gasteiger partial charge in [-0.25, -0.2) is 0 Å². The first-order chi connectivity index (χ1) is 7.15. The minimum Gasteiger partial charge on any atom is -0.461 e. The van der Waals surface area contributed by atoms with Crippen molar-refractivity contribution in [3.8, 4) is 0 Å². The van der Waals surface area contributed by atoms with Crippen LogP contribution in [0.25, 0.3) is 0 Å². The summed E-state index contributed by atoms with van der Waals surface area (Å²) in [6.07, 6.45) is 1.55. The second kappa shape index (κ2) is 5.20. The zero-order chi connectivity index (χ0) is 11.3. The molecule has 0 aliphatic carbocycles. The topological polar surface area (TPSA) is 52.3 Å². The third-order valence-electron chi connectivity index (χ3n) is 2.11. The highest BCUT2D eigenvalue weighted by Crippen LogP contribution is 2.18. The third kappa shape index (κ3) is 3.13. The molecular formula is C12H15NO2. The summed E-state index contributed by atoms with van der Waals surface area (Å²) in [7, 11) is 0. The molecule has 0 saturated heterocycles. The summed E-state index contributed by atoms with van der Waals surface area (Å²) >= 11 is 0. The Bertz CT molecular complexity index is 360. The summed E-state index contributed by atoms with van der Waals surface area (Å²) in [5, 5.41) is 0. The molecule has 0 amide bonds. The van der Waals surface area contributed by atoms with Crippen molar-refractivity contribution < 1.29 is 9.53 Å². The molecule has 0 spiro atoms. The average molecular weight is 205 g/mol. The molecule has 1 aromatic rings. The number of hydrogen-bond donors (Lipinski definition) is 1. The molecule has 3 heteroatoms. The van der Waals surface area contributed by atoms with E-state index in [2.05, 4.69) is 6.58 Å². The highest BCUT2D eigenvalue weighted by Gasteiger charge is 2.16. The Morgan fingerprint density at radius 1 is 1.67 bits per heavy atom. The van der Waals surface area contributed by atoms with Gasteiger partial charge in [-0.2, -0.15) is 0 Å². The minimum absolute atomic E-state index is 0.242. The number of anilines is 1. The van der Waals surface area contributed by atoms with E-state index in [0.29, 0.717) is 5.69 Å². The van der Waals surface area contributed by atoms with E-state index in [0.717, 1.165) is 5.56 Å². The van der Waals surface area contributed by atoms with Crippen molar-refractivity contribution in [3.05, 3.63) is 42.5 Å². The van der Waals surface area contributed by atoms with E-state index < -0.39 is 0 Å². The monoisotopic (exact) mass is 205 g/mol. The first kappa shape index (κ1) is 11.3. The van der Waals surface area contributed by atoms with Gasteiger partial charge >= 0.3 is 5.97 Å². The smallest absolute Gasteiger partial charge is 0.313 e. The number of nitrogen functional groups attached to an aromatic ring is 1. The van der Waals surface area contributed by atoms with Crippen LogP contribution < -0.4 is 5.73 Å². The molecule has 0 radical (unpaired) electrons. The molecule has 3 nitrogen and oxygen atoms in total. The molecule has 0 aliphatic heterocycles. The molecule has 0 aromatic heterocycles. The first-order valence-electron chi connectivity index (χ1n) is 4.78. The lowest BCUT2D eigenvalue weighted by Gasteiger charge is -2.11. The third-order valence-corrected chi connectivity index (χ3v) is 2.11. The van der Waals surface area contributed by atoms with E-state index in [9.17, 15) is 4.79 Å². The van der Waals surface area contributed by atoms with Crippen LogP contribution in [-0.2, 0) is 9.53 Å². The predicted molar refractivity (Wildman–Crippen MR) is 60.4 cm³/mol. The van der Waals surface area contributed by atoms with Crippen molar-refractivity contribution in [2.75, 3.05) is 12.3 Å². The maximum Gasteiger partial charge on any atom is 0.313 e. The molecule has 1 unspecified atom stereocenters. The maximum atomic E-state index is 11.5. The van der Waals surface area contributed by atoms with Gasteiger partial charge < -0.3 is 10.5 Å². The number of benzene rings is 1. The molecule has 15 heavy (non-hydrogen) atoms. The zero-order valence-corrected chi connectivity index (χ0v) is 8.77. The van der Waals surface area contributed by atoms with Gasteiger partial charge in [-0.15, -0.1) is 0 Å². The summed E-state index contributed by atoms with van der Waals surface area (Å²) in [4.78, 5) is 11.5. The minimum atomic E-state index is -0.298. The lowest BCUT2D eigenvalue weighted by atomic mass is 10.0. The first-order valence-corrected chi connectivity index (χ1v) is 4.78. The molecule has 2 N–H and O–H groups in total. The highest BCUT2D eigenvalue weighted by atomic mass is 16.5. The van der Waals surface area contributed by atoms with Crippen LogP contribution in [0.5, 0.6) is 0 Å². The van der Waals surface area contributed by atoms with Crippen LogP contribution in [0.4, 0.5) is 5.69 Å². The second-order valence-corrected chi connectivity index (χ2v) is 3.31. The van der Waals surface area contributed by atoms with Gasteiger partial charge in [0, 0.05) is 5.69 Å². The molecule has 0 heterocycles. The zero-order valence-electron chi connectivity index (χ0n) is 8.77. The standard InChI is InChI=1S/C12H15NO2/c1-3-7-15-12(14)9(2)10-5-4-6-11(13)8-10/h3-6,8-9H,1,7,13H2,2H3. The van der Waals surface area contributed by atoms with E-state index in [1.54, 1.807) is 25.1 Å². The second-order valence-electron chi connectivity index (χ2n) is 3.31. The van der Waals surface area contributed by atoms with E-state index in [1.807, 2.05) is 12.1 Å². The molecule has 0 bridgehead atoms. The Hall–Kier alpha value is -1.77. The van der Waals surface area contributed by atoms with Crippen LogP contribution in [0.15, 0.2) is 36.9 Å². The number of rotatable bonds is 4. The van der Waals surface area contributed by atoms with Gasteiger partial charge in [-0.3, -0.25) is 4.79 Å². The molecular weight excluding hydrogens is 190 g/mol. The van der Waals surface area contributed by atoms with Crippen LogP contribution >= 0.6 is 0 Å². The van der Waals surface area contributed by atoms with Crippen molar-refractivity contribution >= 4 is 11.7 Å². The quantitative estimate of drug-likeness (QED) is 0.465. The van der Waals surface area contributed by atoms with Gasteiger partial charge in [0.25, 0.3) is 0 Å². The van der Waals surface area contributed by atoms with Gasteiger partial charge in [-0.05, 0) is 24.6 Å². The Kier molecular flexibility index (Phi) is 3.92. The molecule has 1 atom stereocenters. The van der Waals surface area contributed by atoms with Crippen molar-refractivity contribution in [2.45, 2.75) is 12.8 Å². The van der Waals surface area contributed by atoms with Crippen LogP contribution in [0.1, 0.15) is 18.4 Å². The molecule has 0 aliphatic rings. The number of carbonyl (C=O) groups excluding carboxylic acids is 1. The maximum absolute atomic E-state index is 11.5. The van der Waals surface area contributed by atoms with E-state index in [1.165, 1.54) is 0 Å². The van der Waals surface area contributed by atoms with Gasteiger partial charge in [0.05, 0.1) is 5.92 Å². The number of esters is 1. The van der Waals surface area contributed by atoms with Gasteiger partial charge in [0.2, 0.25) is 0 Å². The molecule has 1 rings (SSSR count). The van der Waals surface area contributed by atoms with Crippen molar-refractivity contribution in [3.63, 3.8) is 0 Å². The van der Waals surface area contributed by atoms with E-state index in [-0.39, 0.29) is 18.5 Å². The average Bonchev–Trinajstić information content (AvgIpc) is 2.24. The molecule has 0 fully saturated rings. The summed E-state index contributed by atoms with van der Waals surface area (Å²) in [6.45, 7) is 5.52. The summed E-state index contributed by atoms with van der Waals surface area (Å²) < 4.78 is 4.95. The van der Waals surface area contributed by atoms with Crippen molar-refractivity contribution in [1.82, 2.24) is 0 Å². The van der Waals surface area contributed by atoms with Crippen LogP contribution in [0.3, 0.4) is 0 Å². The van der Waals surface area contributed by atoms with Crippen molar-refractivity contribution in [1.29, 1.82) is 0 Å². The number of ether oxygens (including phenoxy) is 1. The van der Waals surface area contributed by atoms with Crippen LogP contribution in [-0.4, -0.2) is 12.6 Å². The summed E-state index contributed by atoms with van der Waals surface area (Å²) in [5.41, 5.74) is 7.14. The SMILES string of the molecule is C=CCOC(=O)C(C)c1cccc(N)c1. The molecule has 80 valence electrons. The number of carbonyl (C=O) groups is 1. The van der Waals surface area contributed by atoms with Gasteiger partial charge in [0.15, 0.2) is 0 Å². The fraction of sp³-hybridized carbons (Fsp3) is 0.250. The Morgan fingerprint density at radius 3 is 3.00 bits per heavy atom. The normalized spacial score (nSPS) is 11.8. The van der Waals surface area contributed by atoms with Crippen LogP contribution in [0.2, 0.25) is 0 Å². The van der Waals surface area contributed by atoms with E-state index >= 15 is 0 Å². The van der Waals surface area contributed by atoms with E-state index in [4.69, 9.17) is 10.5 Å². The lowest BCUT2D eigenvalue weighted by molar-refractivity contribution is -0.143. The lowest BCUT2D eigenvalue weighted by Crippen LogP contribution is -2.13. The number of nitrogens with two attached hydrogens (primary N) is 1. The summed E-state index contributed by atoms with van der Waals surface area (Å²) in [5.74, 6) is -0.561. The molecule has 0 saturated carbocycles. The highest BCUT2D eigenvalue weighted by molar-refractivity contribution is 5.78. The Labute approximate surface area is 89.5 Å². The Balaban J connectivity index is 2.71. The fourth-order valence-electron chi connectivity index (χ4n) is 1.23. The molecule has 1 aromatic carbocycles. The largest absolute Gasteiger partial charge is 0.461 e. The van der Waals surface area contributed by atoms with Crippen LogP contribution in [0, 0.1) is 0 Å². The van der Waals surface area contributed by atoms with Crippen molar-refractivity contribution in [2.24, 2.45) is 0 Å². The fourth-order valence-corrected chi connectivity index (χ4v) is 1.23. The Morgan fingerprint density at radius 2 is 2.40 bits per heavy atom. The van der Waals surface area contributed by atoms with Gasteiger partial charge in [0.1, 0.15) is 6.61 Å². The summed E-state index contributed by atoms with van der Waals surface area (Å²) in [6, 6.07) is 7.24. The predicted octanol–water partition coefficient (Wildman–Crippen LogP) is 2.10.